The maximum atomic E-state index is 12.2. The lowest BCUT2D eigenvalue weighted by Gasteiger charge is -2.19. The van der Waals surface area contributed by atoms with Gasteiger partial charge in [0.2, 0.25) is 0 Å². The molecule has 0 amide bonds. The summed E-state index contributed by atoms with van der Waals surface area (Å²) in [6.45, 7) is 4.76. The molecule has 0 spiro atoms. The minimum Gasteiger partial charge on any atom is -0.464 e. The van der Waals surface area contributed by atoms with E-state index in [4.69, 9.17) is 4.42 Å². The van der Waals surface area contributed by atoms with E-state index in [0.29, 0.717) is 30.0 Å². The van der Waals surface area contributed by atoms with Crippen molar-refractivity contribution in [3.63, 3.8) is 0 Å². The van der Waals surface area contributed by atoms with E-state index in [1.807, 2.05) is 30.3 Å². The number of halogens is 2. The molecule has 0 radical (unpaired) electrons. The van der Waals surface area contributed by atoms with Crippen molar-refractivity contribution in [3.8, 4) is 0 Å². The van der Waals surface area contributed by atoms with E-state index in [0.717, 1.165) is 22.6 Å². The zero-order valence-corrected chi connectivity index (χ0v) is 14.9. The Bertz CT molecular complexity index is 782. The van der Waals surface area contributed by atoms with Gasteiger partial charge in [-0.05, 0) is 30.2 Å². The summed E-state index contributed by atoms with van der Waals surface area (Å²) >= 11 is 0.564. The van der Waals surface area contributed by atoms with Crippen LogP contribution in [0.5, 0.6) is 0 Å². The summed E-state index contributed by atoms with van der Waals surface area (Å²) in [6, 6.07) is 11.5. The fourth-order valence-corrected chi connectivity index (χ4v) is 3.16. The number of aromatic amines is 1. The van der Waals surface area contributed by atoms with E-state index in [2.05, 4.69) is 29.1 Å². The molecule has 2 aromatic heterocycles. The van der Waals surface area contributed by atoms with E-state index >= 15 is 0 Å². The Morgan fingerprint density at radius 2 is 1.92 bits per heavy atom. The summed E-state index contributed by atoms with van der Waals surface area (Å²) < 4.78 is 30.1. The van der Waals surface area contributed by atoms with Crippen LogP contribution in [0.2, 0.25) is 0 Å². The second kappa shape index (κ2) is 8.01. The summed E-state index contributed by atoms with van der Waals surface area (Å²) in [5.74, 6) is 0.291. The predicted molar refractivity (Wildman–Crippen MR) is 96.5 cm³/mol. The number of para-hydroxylation sites is 2. The molecule has 2 heterocycles. The molecule has 0 aliphatic carbocycles. The number of thioether (sulfide) groups is 1. The molecular weight excluding hydrogens is 344 g/mol. The van der Waals surface area contributed by atoms with E-state index < -0.39 is 5.76 Å². The molecule has 1 aromatic carbocycles. The van der Waals surface area contributed by atoms with Crippen LogP contribution in [0.1, 0.15) is 37.2 Å². The first-order chi connectivity index (χ1) is 12.0. The molecule has 1 atom stereocenters. The number of alkyl halides is 2. The van der Waals surface area contributed by atoms with E-state index in [1.54, 1.807) is 6.07 Å². The molecule has 7 heteroatoms. The molecule has 1 unspecified atom stereocenters. The highest BCUT2D eigenvalue weighted by atomic mass is 32.2. The molecule has 4 nitrogen and oxygen atoms in total. The standard InChI is InChI=1S/C18H21F2N3OS/c1-11(2)16(17-22-14-5-3-4-6-15(14)23-17)21-9-12-7-8-13(24-12)10-25-18(19)20/h3-8,11,16,18,21H,9-10H2,1-2H3,(H,22,23). The van der Waals surface area contributed by atoms with Gasteiger partial charge < -0.3 is 14.7 Å². The lowest BCUT2D eigenvalue weighted by atomic mass is 10.0. The Balaban J connectivity index is 1.66. The third kappa shape index (κ3) is 4.61. The molecule has 0 saturated heterocycles. The summed E-state index contributed by atoms with van der Waals surface area (Å²) in [7, 11) is 0. The van der Waals surface area contributed by atoms with E-state index in [-0.39, 0.29) is 11.8 Å². The van der Waals surface area contributed by atoms with Crippen LogP contribution < -0.4 is 5.32 Å². The molecule has 25 heavy (non-hydrogen) atoms. The van der Waals surface area contributed by atoms with Gasteiger partial charge in [0.1, 0.15) is 17.3 Å². The first-order valence-corrected chi connectivity index (χ1v) is 9.23. The number of hydrogen-bond acceptors (Lipinski definition) is 4. The van der Waals surface area contributed by atoms with Crippen LogP contribution in [0.4, 0.5) is 8.78 Å². The summed E-state index contributed by atoms with van der Waals surface area (Å²) in [4.78, 5) is 8.03. The molecule has 134 valence electrons. The highest BCUT2D eigenvalue weighted by Gasteiger charge is 2.19. The van der Waals surface area contributed by atoms with Crippen molar-refractivity contribution in [3.05, 3.63) is 53.7 Å². The smallest absolute Gasteiger partial charge is 0.284 e. The van der Waals surface area contributed by atoms with Gasteiger partial charge in [-0.15, -0.1) is 0 Å². The zero-order chi connectivity index (χ0) is 17.8. The zero-order valence-electron chi connectivity index (χ0n) is 14.1. The van der Waals surface area contributed by atoms with Crippen molar-refractivity contribution in [1.29, 1.82) is 0 Å². The van der Waals surface area contributed by atoms with E-state index in [1.165, 1.54) is 0 Å². The number of benzene rings is 1. The third-order valence-electron chi connectivity index (χ3n) is 3.93. The first-order valence-electron chi connectivity index (χ1n) is 8.18. The van der Waals surface area contributed by atoms with Gasteiger partial charge in [0.25, 0.3) is 5.76 Å². The van der Waals surface area contributed by atoms with Crippen LogP contribution >= 0.6 is 11.8 Å². The minimum atomic E-state index is -2.38. The number of H-pyrrole nitrogens is 1. The predicted octanol–water partition coefficient (Wildman–Crippen LogP) is 5.10. The van der Waals surface area contributed by atoms with Crippen molar-refractivity contribution < 1.29 is 13.2 Å². The SMILES string of the molecule is CC(C)C(NCc1ccc(CSC(F)F)o1)c1nc2ccccc2[nH]1. The molecular formula is C18H21F2N3OS. The summed E-state index contributed by atoms with van der Waals surface area (Å²) in [5.41, 5.74) is 1.95. The number of furan rings is 1. The number of hydrogen-bond donors (Lipinski definition) is 2. The monoisotopic (exact) mass is 365 g/mol. The Hall–Kier alpha value is -1.86. The summed E-state index contributed by atoms with van der Waals surface area (Å²) in [5, 5.41) is 3.45. The van der Waals surface area contributed by atoms with Crippen LogP contribution in [0, 0.1) is 5.92 Å². The van der Waals surface area contributed by atoms with Crippen LogP contribution in [0.3, 0.4) is 0 Å². The minimum absolute atomic E-state index is 0.0383. The fraction of sp³-hybridized carbons (Fsp3) is 0.389. The maximum absolute atomic E-state index is 12.2. The van der Waals surface area contributed by atoms with Crippen molar-refractivity contribution in [1.82, 2.24) is 15.3 Å². The number of aromatic nitrogens is 2. The average molecular weight is 365 g/mol. The maximum Gasteiger partial charge on any atom is 0.284 e. The van der Waals surface area contributed by atoms with Gasteiger partial charge in [-0.25, -0.2) is 4.98 Å². The topological polar surface area (TPSA) is 53.9 Å². The second-order valence-corrected chi connectivity index (χ2v) is 7.16. The fourth-order valence-electron chi connectivity index (χ4n) is 2.72. The number of imidazole rings is 1. The molecule has 3 rings (SSSR count). The van der Waals surface area contributed by atoms with Crippen molar-refractivity contribution in [2.75, 3.05) is 0 Å². The first kappa shape index (κ1) is 17.9. The van der Waals surface area contributed by atoms with Crippen LogP contribution in [0.15, 0.2) is 40.8 Å². The van der Waals surface area contributed by atoms with E-state index in [9.17, 15) is 8.78 Å². The number of nitrogens with zero attached hydrogens (tertiary/aromatic N) is 1. The largest absolute Gasteiger partial charge is 0.464 e. The van der Waals surface area contributed by atoms with Gasteiger partial charge in [-0.2, -0.15) is 8.78 Å². The lowest BCUT2D eigenvalue weighted by molar-refractivity contribution is 0.251. The highest BCUT2D eigenvalue weighted by molar-refractivity contribution is 7.98. The van der Waals surface area contributed by atoms with Crippen LogP contribution in [-0.4, -0.2) is 15.7 Å². The van der Waals surface area contributed by atoms with Gasteiger partial charge in [0.05, 0.1) is 29.4 Å². The van der Waals surface area contributed by atoms with Gasteiger partial charge in [0.15, 0.2) is 0 Å². The normalized spacial score (nSPS) is 13.2. The molecule has 2 N–H and O–H groups in total. The van der Waals surface area contributed by atoms with Gasteiger partial charge in [-0.3, -0.25) is 0 Å². The van der Waals surface area contributed by atoms with Gasteiger partial charge >= 0.3 is 0 Å². The average Bonchev–Trinajstić information content (AvgIpc) is 3.19. The number of nitrogens with one attached hydrogen (secondary N) is 2. The Morgan fingerprint density at radius 3 is 2.64 bits per heavy atom. The van der Waals surface area contributed by atoms with Gasteiger partial charge in [0, 0.05) is 0 Å². The second-order valence-electron chi connectivity index (χ2n) is 6.18. The lowest BCUT2D eigenvalue weighted by Crippen LogP contribution is -2.26. The number of fused-ring (bicyclic) bond motifs is 1. The Labute approximate surface area is 149 Å². The molecule has 3 aromatic rings. The highest BCUT2D eigenvalue weighted by Crippen LogP contribution is 2.24. The Morgan fingerprint density at radius 1 is 1.16 bits per heavy atom. The van der Waals surface area contributed by atoms with Crippen molar-refractivity contribution in [2.24, 2.45) is 5.92 Å². The molecule has 0 aliphatic heterocycles. The number of rotatable bonds is 8. The molecule has 0 fully saturated rings. The molecule has 0 bridgehead atoms. The molecule has 0 aliphatic rings. The third-order valence-corrected chi connectivity index (χ3v) is 4.64. The van der Waals surface area contributed by atoms with Crippen LogP contribution in [0.25, 0.3) is 11.0 Å². The summed E-state index contributed by atoms with van der Waals surface area (Å²) in [6.07, 6.45) is 0. The quantitative estimate of drug-likeness (QED) is 0.583. The van der Waals surface area contributed by atoms with Crippen molar-refractivity contribution >= 4 is 22.8 Å². The molecule has 0 saturated carbocycles. The van der Waals surface area contributed by atoms with Gasteiger partial charge in [-0.1, -0.05) is 37.7 Å². The Kier molecular flexibility index (Phi) is 5.75. The van der Waals surface area contributed by atoms with Crippen LogP contribution in [-0.2, 0) is 12.3 Å². The van der Waals surface area contributed by atoms with Crippen molar-refractivity contribution in [2.45, 2.75) is 37.9 Å².